The summed E-state index contributed by atoms with van der Waals surface area (Å²) < 4.78 is 0. The van der Waals surface area contributed by atoms with Crippen LogP contribution in [0.1, 0.15) is 31.2 Å². The number of pyridine rings is 1. The summed E-state index contributed by atoms with van der Waals surface area (Å²) in [6.07, 6.45) is 8.69. The molecule has 5 nitrogen and oxygen atoms in total. The van der Waals surface area contributed by atoms with Crippen LogP contribution in [0, 0.1) is 23.2 Å². The van der Waals surface area contributed by atoms with E-state index in [1.807, 2.05) is 17.0 Å². The molecule has 0 spiro atoms. The van der Waals surface area contributed by atoms with Crippen molar-refractivity contribution in [2.24, 2.45) is 11.8 Å². The smallest absolute Gasteiger partial charge is 0.246 e. The van der Waals surface area contributed by atoms with E-state index < -0.39 is 0 Å². The number of amides is 1. The van der Waals surface area contributed by atoms with Crippen LogP contribution in [0.5, 0.6) is 0 Å². The van der Waals surface area contributed by atoms with E-state index in [0.717, 1.165) is 32.0 Å². The Morgan fingerprint density at radius 1 is 1.17 bits per heavy atom. The summed E-state index contributed by atoms with van der Waals surface area (Å²) in [5.74, 6) is 2.40. The molecule has 2 aliphatic carbocycles. The van der Waals surface area contributed by atoms with E-state index in [1.165, 1.54) is 31.3 Å². The molecule has 0 N–H and O–H groups in total. The first-order valence-corrected chi connectivity index (χ1v) is 8.86. The van der Waals surface area contributed by atoms with Crippen LogP contribution in [0.25, 0.3) is 0 Å². The molecule has 0 atom stereocenters. The zero-order valence-electron chi connectivity index (χ0n) is 13.8. The molecule has 0 unspecified atom stereocenters. The summed E-state index contributed by atoms with van der Waals surface area (Å²) in [5.41, 5.74) is 2.05. The molecule has 2 saturated carbocycles. The maximum absolute atomic E-state index is 12.6. The Morgan fingerprint density at radius 2 is 1.83 bits per heavy atom. The van der Waals surface area contributed by atoms with E-state index in [9.17, 15) is 4.79 Å². The van der Waals surface area contributed by atoms with Crippen molar-refractivity contribution in [2.75, 3.05) is 31.1 Å². The van der Waals surface area contributed by atoms with Gasteiger partial charge in [0.1, 0.15) is 5.82 Å². The van der Waals surface area contributed by atoms with Gasteiger partial charge in [-0.2, -0.15) is 5.26 Å². The first-order chi connectivity index (χ1) is 11.7. The van der Waals surface area contributed by atoms with Gasteiger partial charge in [0.05, 0.1) is 11.6 Å². The molecule has 124 valence electrons. The molecule has 0 bridgehead atoms. The SMILES string of the molecule is N#Cc1ccnc(N2CCN(C(=O)C=C(C3CC3)C3CC3)CC2)c1. The molecule has 3 fully saturated rings. The fourth-order valence-electron chi connectivity index (χ4n) is 3.45. The van der Waals surface area contributed by atoms with Crippen molar-refractivity contribution in [3.05, 3.63) is 35.5 Å². The predicted molar refractivity (Wildman–Crippen MR) is 91.3 cm³/mol. The van der Waals surface area contributed by atoms with Crippen molar-refractivity contribution >= 4 is 11.7 Å². The first kappa shape index (κ1) is 15.2. The van der Waals surface area contributed by atoms with Gasteiger partial charge in [0, 0.05) is 38.5 Å². The normalized spacial score (nSPS) is 20.5. The van der Waals surface area contributed by atoms with Crippen LogP contribution in [0.2, 0.25) is 0 Å². The van der Waals surface area contributed by atoms with Crippen molar-refractivity contribution in [3.63, 3.8) is 0 Å². The molecule has 4 rings (SSSR count). The lowest BCUT2D eigenvalue weighted by Gasteiger charge is -2.35. The van der Waals surface area contributed by atoms with Gasteiger partial charge < -0.3 is 9.80 Å². The number of carbonyl (C=O) groups is 1. The Kier molecular flexibility index (Phi) is 3.97. The zero-order chi connectivity index (χ0) is 16.5. The lowest BCUT2D eigenvalue weighted by Crippen LogP contribution is -2.48. The number of nitrogens with zero attached hydrogens (tertiary/aromatic N) is 4. The molecule has 1 aromatic heterocycles. The Labute approximate surface area is 142 Å². The highest BCUT2D eigenvalue weighted by Crippen LogP contribution is 2.48. The lowest BCUT2D eigenvalue weighted by molar-refractivity contribution is -0.126. The van der Waals surface area contributed by atoms with Crippen LogP contribution in [-0.4, -0.2) is 42.0 Å². The maximum Gasteiger partial charge on any atom is 0.246 e. The number of hydrogen-bond acceptors (Lipinski definition) is 4. The second-order valence-electron chi connectivity index (χ2n) is 7.02. The molecule has 1 amide bonds. The number of nitriles is 1. The summed E-state index contributed by atoms with van der Waals surface area (Å²) in [4.78, 5) is 21.0. The van der Waals surface area contributed by atoms with Gasteiger partial charge in [-0.3, -0.25) is 4.79 Å². The molecule has 5 heteroatoms. The summed E-state index contributed by atoms with van der Waals surface area (Å²) in [6, 6.07) is 5.68. The number of piperazine rings is 1. The average molecular weight is 322 g/mol. The van der Waals surface area contributed by atoms with E-state index in [-0.39, 0.29) is 5.91 Å². The fourth-order valence-corrected chi connectivity index (χ4v) is 3.45. The van der Waals surface area contributed by atoms with E-state index in [2.05, 4.69) is 16.0 Å². The minimum absolute atomic E-state index is 0.183. The molecule has 1 aromatic rings. The molecular weight excluding hydrogens is 300 g/mol. The van der Waals surface area contributed by atoms with Crippen molar-refractivity contribution in [2.45, 2.75) is 25.7 Å². The topological polar surface area (TPSA) is 60.2 Å². The highest BCUT2D eigenvalue weighted by Gasteiger charge is 2.37. The molecule has 2 heterocycles. The zero-order valence-corrected chi connectivity index (χ0v) is 13.8. The maximum atomic E-state index is 12.6. The van der Waals surface area contributed by atoms with Gasteiger partial charge in [-0.25, -0.2) is 4.98 Å². The van der Waals surface area contributed by atoms with Gasteiger partial charge in [-0.15, -0.1) is 0 Å². The first-order valence-electron chi connectivity index (χ1n) is 8.86. The highest BCUT2D eigenvalue weighted by atomic mass is 16.2. The van der Waals surface area contributed by atoms with Crippen molar-refractivity contribution in [3.8, 4) is 6.07 Å². The van der Waals surface area contributed by atoms with E-state index in [1.54, 1.807) is 12.3 Å². The molecule has 0 aromatic carbocycles. The molecule has 3 aliphatic rings. The standard InChI is InChI=1S/C19H22N4O/c20-13-14-5-6-21-18(11-14)22-7-9-23(10-8-22)19(24)12-17(15-1-2-15)16-3-4-16/h5-6,11-12,15-16H,1-4,7-10H2. The van der Waals surface area contributed by atoms with E-state index in [4.69, 9.17) is 5.26 Å². The van der Waals surface area contributed by atoms with Gasteiger partial charge in [0.25, 0.3) is 0 Å². The number of carbonyl (C=O) groups excluding carboxylic acids is 1. The number of aromatic nitrogens is 1. The Bertz CT molecular complexity index is 690. The molecule has 0 radical (unpaired) electrons. The third-order valence-electron chi connectivity index (χ3n) is 5.18. The highest BCUT2D eigenvalue weighted by molar-refractivity contribution is 5.88. The summed E-state index contributed by atoms with van der Waals surface area (Å²) in [5, 5.41) is 9.00. The number of rotatable bonds is 4. The molecule has 24 heavy (non-hydrogen) atoms. The molecular formula is C19H22N4O. The summed E-state index contributed by atoms with van der Waals surface area (Å²) in [6.45, 7) is 2.97. The molecule has 1 saturated heterocycles. The minimum atomic E-state index is 0.183. The van der Waals surface area contributed by atoms with E-state index in [0.29, 0.717) is 17.4 Å². The Morgan fingerprint density at radius 3 is 2.42 bits per heavy atom. The third kappa shape index (κ3) is 3.28. The van der Waals surface area contributed by atoms with E-state index >= 15 is 0 Å². The van der Waals surface area contributed by atoms with Crippen LogP contribution in [0.4, 0.5) is 5.82 Å². The van der Waals surface area contributed by atoms with Crippen LogP contribution in [0.3, 0.4) is 0 Å². The fraction of sp³-hybridized carbons (Fsp3) is 0.526. The van der Waals surface area contributed by atoms with Gasteiger partial charge in [0.2, 0.25) is 5.91 Å². The van der Waals surface area contributed by atoms with Crippen molar-refractivity contribution in [1.29, 1.82) is 5.26 Å². The van der Waals surface area contributed by atoms with Crippen LogP contribution in [0.15, 0.2) is 30.0 Å². The Hall–Kier alpha value is -2.35. The number of allylic oxidation sites excluding steroid dienone is 1. The van der Waals surface area contributed by atoms with Gasteiger partial charge in [0.15, 0.2) is 0 Å². The third-order valence-corrected chi connectivity index (χ3v) is 5.18. The molecule has 1 aliphatic heterocycles. The summed E-state index contributed by atoms with van der Waals surface area (Å²) >= 11 is 0. The van der Waals surface area contributed by atoms with Crippen LogP contribution < -0.4 is 4.90 Å². The second-order valence-corrected chi connectivity index (χ2v) is 7.02. The van der Waals surface area contributed by atoms with Crippen LogP contribution >= 0.6 is 0 Å². The van der Waals surface area contributed by atoms with Gasteiger partial charge >= 0.3 is 0 Å². The number of anilines is 1. The Balaban J connectivity index is 1.38. The van der Waals surface area contributed by atoms with Gasteiger partial charge in [-0.1, -0.05) is 5.57 Å². The second kappa shape index (κ2) is 6.27. The van der Waals surface area contributed by atoms with Crippen molar-refractivity contribution < 1.29 is 4.79 Å². The number of hydrogen-bond donors (Lipinski definition) is 0. The van der Waals surface area contributed by atoms with Crippen molar-refractivity contribution in [1.82, 2.24) is 9.88 Å². The van der Waals surface area contributed by atoms with Crippen LogP contribution in [-0.2, 0) is 4.79 Å². The predicted octanol–water partition coefficient (Wildman–Crippen LogP) is 2.35. The monoisotopic (exact) mass is 322 g/mol. The average Bonchev–Trinajstić information content (AvgIpc) is 3.53. The van der Waals surface area contributed by atoms with Gasteiger partial charge in [-0.05, 0) is 49.7 Å². The minimum Gasteiger partial charge on any atom is -0.353 e. The lowest BCUT2D eigenvalue weighted by atomic mass is 10.1. The summed E-state index contributed by atoms with van der Waals surface area (Å²) in [7, 11) is 0. The largest absolute Gasteiger partial charge is 0.353 e. The quantitative estimate of drug-likeness (QED) is 0.798.